The summed E-state index contributed by atoms with van der Waals surface area (Å²) in [5.74, 6) is -0.990. The lowest BCUT2D eigenvalue weighted by Gasteiger charge is -2.19. The molecule has 1 fully saturated rings. The maximum absolute atomic E-state index is 12.1. The fraction of sp³-hybridized carbons (Fsp3) is 0.889. The van der Waals surface area contributed by atoms with Crippen LogP contribution in [0, 0.1) is 5.41 Å². The van der Waals surface area contributed by atoms with E-state index in [1.54, 1.807) is 0 Å². The van der Waals surface area contributed by atoms with E-state index in [-0.39, 0.29) is 13.0 Å². The van der Waals surface area contributed by atoms with Crippen LogP contribution in [-0.2, 0) is 9.53 Å². The van der Waals surface area contributed by atoms with Crippen LogP contribution in [0.4, 0.5) is 13.2 Å². The highest BCUT2D eigenvalue weighted by Crippen LogP contribution is 2.49. The lowest BCUT2D eigenvalue weighted by Crippen LogP contribution is -2.31. The van der Waals surface area contributed by atoms with Gasteiger partial charge in [-0.15, -0.1) is 0 Å². The highest BCUT2D eigenvalue weighted by molar-refractivity contribution is 5.68. The Morgan fingerprint density at radius 1 is 1.53 bits per heavy atom. The molecular weight excluding hydrogens is 213 g/mol. The molecule has 3 nitrogen and oxygen atoms in total. The SMILES string of the molecule is CC(OCC1(CC(=O)O)CC1)C(F)(F)F. The highest BCUT2D eigenvalue weighted by atomic mass is 19.4. The summed E-state index contributed by atoms with van der Waals surface area (Å²) >= 11 is 0. The molecule has 88 valence electrons. The molecule has 0 radical (unpaired) electrons. The van der Waals surface area contributed by atoms with Gasteiger partial charge in [0.25, 0.3) is 0 Å². The standard InChI is InChI=1S/C9H13F3O3/c1-6(9(10,11)12)15-5-8(2-3-8)4-7(13)14/h6H,2-5H2,1H3,(H,13,14). The van der Waals surface area contributed by atoms with E-state index >= 15 is 0 Å². The van der Waals surface area contributed by atoms with Gasteiger partial charge in [-0.2, -0.15) is 13.2 Å². The second-order valence-electron chi connectivity index (χ2n) is 4.07. The molecule has 1 rings (SSSR count). The van der Waals surface area contributed by atoms with Crippen LogP contribution in [0.5, 0.6) is 0 Å². The number of hydrogen-bond donors (Lipinski definition) is 1. The zero-order chi connectivity index (χ0) is 11.7. The van der Waals surface area contributed by atoms with Gasteiger partial charge in [-0.1, -0.05) is 0 Å². The van der Waals surface area contributed by atoms with E-state index in [2.05, 4.69) is 4.74 Å². The summed E-state index contributed by atoms with van der Waals surface area (Å²) in [5, 5.41) is 8.54. The van der Waals surface area contributed by atoms with Crippen LogP contribution in [0.15, 0.2) is 0 Å². The monoisotopic (exact) mass is 226 g/mol. The minimum Gasteiger partial charge on any atom is -0.481 e. The first-order chi connectivity index (χ1) is 6.75. The zero-order valence-electron chi connectivity index (χ0n) is 8.30. The molecule has 0 amide bonds. The molecule has 0 aliphatic heterocycles. The van der Waals surface area contributed by atoms with E-state index in [1.165, 1.54) is 0 Å². The molecule has 0 aromatic carbocycles. The van der Waals surface area contributed by atoms with Gasteiger partial charge in [0.2, 0.25) is 0 Å². The molecule has 0 saturated heterocycles. The smallest absolute Gasteiger partial charge is 0.414 e. The minimum atomic E-state index is -4.38. The van der Waals surface area contributed by atoms with Crippen LogP contribution in [0.1, 0.15) is 26.2 Å². The first-order valence-electron chi connectivity index (χ1n) is 4.65. The number of hydrogen-bond acceptors (Lipinski definition) is 2. The number of rotatable bonds is 5. The summed E-state index contributed by atoms with van der Waals surface area (Å²) in [4.78, 5) is 10.4. The van der Waals surface area contributed by atoms with E-state index in [0.29, 0.717) is 12.8 Å². The second-order valence-corrected chi connectivity index (χ2v) is 4.07. The van der Waals surface area contributed by atoms with Gasteiger partial charge in [-0.25, -0.2) is 0 Å². The van der Waals surface area contributed by atoms with Crippen LogP contribution >= 0.6 is 0 Å². The summed E-state index contributed by atoms with van der Waals surface area (Å²) in [5.41, 5.74) is -0.550. The Kier molecular flexibility index (Phi) is 3.28. The van der Waals surface area contributed by atoms with Crippen LogP contribution < -0.4 is 0 Å². The fourth-order valence-electron chi connectivity index (χ4n) is 1.27. The van der Waals surface area contributed by atoms with E-state index < -0.39 is 23.7 Å². The molecule has 1 N–H and O–H groups in total. The normalized spacial score (nSPS) is 21.1. The molecule has 1 atom stereocenters. The van der Waals surface area contributed by atoms with Gasteiger partial charge in [-0.05, 0) is 19.8 Å². The molecular formula is C9H13F3O3. The van der Waals surface area contributed by atoms with Gasteiger partial charge in [0.15, 0.2) is 6.10 Å². The average Bonchev–Trinajstić information content (AvgIpc) is 2.78. The minimum absolute atomic E-state index is 0.114. The largest absolute Gasteiger partial charge is 0.481 e. The maximum Gasteiger partial charge on any atom is 0.414 e. The Balaban J connectivity index is 2.34. The molecule has 0 spiro atoms. The van der Waals surface area contributed by atoms with Crippen molar-refractivity contribution in [1.29, 1.82) is 0 Å². The predicted octanol–water partition coefficient (Wildman–Crippen LogP) is 2.21. The second kappa shape index (κ2) is 4.00. The average molecular weight is 226 g/mol. The number of carbonyl (C=O) groups is 1. The summed E-state index contributed by atoms with van der Waals surface area (Å²) in [7, 11) is 0. The predicted molar refractivity (Wildman–Crippen MR) is 45.4 cm³/mol. The van der Waals surface area contributed by atoms with Crippen molar-refractivity contribution < 1.29 is 27.8 Å². The first-order valence-corrected chi connectivity index (χ1v) is 4.65. The van der Waals surface area contributed by atoms with Gasteiger partial charge in [0.05, 0.1) is 13.0 Å². The van der Waals surface area contributed by atoms with Crippen molar-refractivity contribution in [3.8, 4) is 0 Å². The Bertz CT molecular complexity index is 245. The quantitative estimate of drug-likeness (QED) is 0.781. The van der Waals surface area contributed by atoms with Crippen molar-refractivity contribution in [2.24, 2.45) is 5.41 Å². The lowest BCUT2D eigenvalue weighted by atomic mass is 10.0. The summed E-state index contributed by atoms with van der Waals surface area (Å²) < 4.78 is 40.8. The molecule has 1 aliphatic carbocycles. The molecule has 0 aromatic heterocycles. The molecule has 0 bridgehead atoms. The van der Waals surface area contributed by atoms with E-state index in [1.807, 2.05) is 0 Å². The lowest BCUT2D eigenvalue weighted by molar-refractivity contribution is -0.218. The number of halogens is 3. The molecule has 0 aromatic rings. The molecule has 15 heavy (non-hydrogen) atoms. The summed E-state index contributed by atoms with van der Waals surface area (Å²) in [6.45, 7) is 0.802. The third-order valence-electron chi connectivity index (χ3n) is 2.58. The third kappa shape index (κ3) is 3.70. The summed E-state index contributed by atoms with van der Waals surface area (Å²) in [6, 6.07) is 0. The van der Waals surface area contributed by atoms with Crippen molar-refractivity contribution in [3.05, 3.63) is 0 Å². The molecule has 1 aliphatic rings. The van der Waals surface area contributed by atoms with Crippen molar-refractivity contribution in [3.63, 3.8) is 0 Å². The van der Waals surface area contributed by atoms with Crippen molar-refractivity contribution in [2.75, 3.05) is 6.61 Å². The Labute approximate surface area is 85.2 Å². The van der Waals surface area contributed by atoms with Crippen molar-refractivity contribution in [1.82, 2.24) is 0 Å². The van der Waals surface area contributed by atoms with Gasteiger partial charge in [0.1, 0.15) is 0 Å². The van der Waals surface area contributed by atoms with Crippen molar-refractivity contribution in [2.45, 2.75) is 38.5 Å². The summed E-state index contributed by atoms with van der Waals surface area (Å²) in [6.07, 6.45) is -5.06. The zero-order valence-corrected chi connectivity index (χ0v) is 8.30. The van der Waals surface area contributed by atoms with Crippen LogP contribution in [-0.4, -0.2) is 30.0 Å². The Hall–Kier alpha value is -0.780. The number of carboxylic acid groups (broad SMARTS) is 1. The first kappa shape index (κ1) is 12.3. The topological polar surface area (TPSA) is 46.5 Å². The van der Waals surface area contributed by atoms with Gasteiger partial charge in [0, 0.05) is 5.41 Å². The van der Waals surface area contributed by atoms with Crippen LogP contribution in [0.3, 0.4) is 0 Å². The molecule has 1 unspecified atom stereocenters. The van der Waals surface area contributed by atoms with Crippen LogP contribution in [0.2, 0.25) is 0 Å². The van der Waals surface area contributed by atoms with E-state index in [0.717, 1.165) is 6.92 Å². The number of aliphatic carboxylic acids is 1. The highest BCUT2D eigenvalue weighted by Gasteiger charge is 2.47. The van der Waals surface area contributed by atoms with Crippen LogP contribution in [0.25, 0.3) is 0 Å². The third-order valence-corrected chi connectivity index (χ3v) is 2.58. The van der Waals surface area contributed by atoms with Gasteiger partial charge < -0.3 is 9.84 Å². The fourth-order valence-corrected chi connectivity index (χ4v) is 1.27. The Morgan fingerprint density at radius 2 is 2.07 bits per heavy atom. The van der Waals surface area contributed by atoms with Gasteiger partial charge in [-0.3, -0.25) is 4.79 Å². The number of alkyl halides is 3. The Morgan fingerprint density at radius 3 is 2.40 bits per heavy atom. The van der Waals surface area contributed by atoms with Crippen molar-refractivity contribution >= 4 is 5.97 Å². The molecule has 0 heterocycles. The molecule has 1 saturated carbocycles. The van der Waals surface area contributed by atoms with E-state index in [4.69, 9.17) is 5.11 Å². The van der Waals surface area contributed by atoms with Gasteiger partial charge >= 0.3 is 12.1 Å². The molecule has 6 heteroatoms. The number of ether oxygens (including phenoxy) is 1. The van der Waals surface area contributed by atoms with E-state index in [9.17, 15) is 18.0 Å². The maximum atomic E-state index is 12.1. The number of carboxylic acids is 1.